The Morgan fingerprint density at radius 2 is 2.00 bits per heavy atom. The molecular weight excluding hydrogens is 212 g/mol. The fourth-order valence-electron chi connectivity index (χ4n) is 3.07. The molecule has 0 bridgehead atoms. The largest absolute Gasteiger partial charge is 0.389 e. The third-order valence-electron chi connectivity index (χ3n) is 4.52. The fourth-order valence-corrected chi connectivity index (χ4v) is 3.07. The number of aliphatic hydroxyl groups is 1. The van der Waals surface area contributed by atoms with Gasteiger partial charge in [-0.25, -0.2) is 0 Å². The quantitative estimate of drug-likeness (QED) is 0.758. The van der Waals surface area contributed by atoms with Gasteiger partial charge in [0.25, 0.3) is 0 Å². The summed E-state index contributed by atoms with van der Waals surface area (Å²) in [5.41, 5.74) is 1.26. The molecule has 2 heteroatoms. The summed E-state index contributed by atoms with van der Waals surface area (Å²) in [6, 6.07) is 0. The molecule has 0 amide bonds. The van der Waals surface area contributed by atoms with E-state index in [1.54, 1.807) is 7.11 Å². The molecule has 98 valence electrons. The molecule has 0 aromatic carbocycles. The van der Waals surface area contributed by atoms with Gasteiger partial charge in [-0.05, 0) is 50.5 Å². The van der Waals surface area contributed by atoms with E-state index >= 15 is 0 Å². The molecule has 0 saturated heterocycles. The molecule has 0 aliphatic heterocycles. The lowest BCUT2D eigenvalue weighted by atomic mass is 9.74. The number of hydrogen-bond acceptors (Lipinski definition) is 2. The van der Waals surface area contributed by atoms with E-state index in [0.717, 1.165) is 32.1 Å². The minimum Gasteiger partial charge on any atom is -0.389 e. The zero-order valence-corrected chi connectivity index (χ0v) is 11.1. The maximum Gasteiger partial charge on any atom is 0.0777 e. The number of aliphatic hydroxyl groups excluding tert-OH is 1. The topological polar surface area (TPSA) is 29.5 Å². The summed E-state index contributed by atoms with van der Waals surface area (Å²) < 4.78 is 5.60. The van der Waals surface area contributed by atoms with Crippen LogP contribution in [-0.2, 0) is 4.74 Å². The number of ether oxygens (including phenoxy) is 1. The van der Waals surface area contributed by atoms with Crippen molar-refractivity contribution in [3.63, 3.8) is 0 Å². The first kappa shape index (κ1) is 13.1. The van der Waals surface area contributed by atoms with Crippen LogP contribution in [0.2, 0.25) is 0 Å². The van der Waals surface area contributed by atoms with E-state index in [4.69, 9.17) is 4.74 Å². The molecule has 0 heterocycles. The van der Waals surface area contributed by atoms with Gasteiger partial charge in [0.1, 0.15) is 0 Å². The summed E-state index contributed by atoms with van der Waals surface area (Å²) >= 11 is 0. The van der Waals surface area contributed by atoms with Crippen LogP contribution in [-0.4, -0.2) is 23.9 Å². The van der Waals surface area contributed by atoms with E-state index in [1.165, 1.54) is 37.7 Å². The molecule has 17 heavy (non-hydrogen) atoms. The van der Waals surface area contributed by atoms with Crippen molar-refractivity contribution >= 4 is 0 Å². The number of hydrogen-bond donors (Lipinski definition) is 1. The van der Waals surface area contributed by atoms with Crippen molar-refractivity contribution in [3.8, 4) is 0 Å². The lowest BCUT2D eigenvalue weighted by Gasteiger charge is -2.42. The number of allylic oxidation sites excluding steroid dienone is 1. The van der Waals surface area contributed by atoms with Gasteiger partial charge in [-0.2, -0.15) is 0 Å². The summed E-state index contributed by atoms with van der Waals surface area (Å²) in [6.45, 7) is 0. The van der Waals surface area contributed by atoms with Crippen LogP contribution in [0.1, 0.15) is 64.2 Å². The summed E-state index contributed by atoms with van der Waals surface area (Å²) in [5, 5.41) is 10.4. The molecule has 2 aliphatic rings. The Morgan fingerprint density at radius 3 is 2.65 bits per heavy atom. The molecule has 0 spiro atoms. The molecular formula is C15H26O2. The summed E-state index contributed by atoms with van der Waals surface area (Å²) in [5.74, 6) is 0. The Balaban J connectivity index is 1.91. The van der Waals surface area contributed by atoms with Crippen molar-refractivity contribution in [3.05, 3.63) is 11.6 Å². The highest BCUT2D eigenvalue weighted by molar-refractivity contribution is 5.11. The van der Waals surface area contributed by atoms with Crippen LogP contribution in [0.15, 0.2) is 11.6 Å². The molecule has 2 aliphatic carbocycles. The second kappa shape index (κ2) is 6.01. The third kappa shape index (κ3) is 3.32. The van der Waals surface area contributed by atoms with Gasteiger partial charge >= 0.3 is 0 Å². The molecule has 2 nitrogen and oxygen atoms in total. The number of rotatable bonds is 4. The van der Waals surface area contributed by atoms with Crippen LogP contribution in [0.25, 0.3) is 0 Å². The van der Waals surface area contributed by atoms with E-state index in [-0.39, 0.29) is 11.7 Å². The minimum atomic E-state index is -0.270. The van der Waals surface area contributed by atoms with Crippen molar-refractivity contribution in [2.75, 3.05) is 7.11 Å². The van der Waals surface area contributed by atoms with Crippen molar-refractivity contribution < 1.29 is 9.84 Å². The fraction of sp³-hybridized carbons (Fsp3) is 0.867. The van der Waals surface area contributed by atoms with Crippen LogP contribution in [0, 0.1) is 0 Å². The predicted molar refractivity (Wildman–Crippen MR) is 70.0 cm³/mol. The van der Waals surface area contributed by atoms with E-state index in [1.807, 2.05) is 0 Å². The lowest BCUT2D eigenvalue weighted by molar-refractivity contribution is -0.0949. The van der Waals surface area contributed by atoms with Gasteiger partial charge < -0.3 is 9.84 Å². The van der Waals surface area contributed by atoms with Gasteiger partial charge in [0, 0.05) is 13.5 Å². The van der Waals surface area contributed by atoms with Gasteiger partial charge in [0.05, 0.1) is 11.7 Å². The number of methoxy groups -OCH3 is 1. The Kier molecular flexibility index (Phi) is 4.63. The van der Waals surface area contributed by atoms with E-state index < -0.39 is 0 Å². The van der Waals surface area contributed by atoms with Gasteiger partial charge in [0.15, 0.2) is 0 Å². The first-order valence-corrected chi connectivity index (χ1v) is 7.18. The SMILES string of the molecule is COC1(CC(O)C2=CCCCCCC2)CCC1. The molecule has 1 unspecified atom stereocenters. The molecule has 1 saturated carbocycles. The van der Waals surface area contributed by atoms with Crippen molar-refractivity contribution in [2.45, 2.75) is 75.9 Å². The molecule has 1 N–H and O–H groups in total. The maximum absolute atomic E-state index is 10.4. The molecule has 0 aromatic rings. The Morgan fingerprint density at radius 1 is 1.24 bits per heavy atom. The van der Waals surface area contributed by atoms with Crippen molar-refractivity contribution in [1.82, 2.24) is 0 Å². The zero-order chi connectivity index (χ0) is 12.1. The summed E-state index contributed by atoms with van der Waals surface area (Å²) in [7, 11) is 1.79. The van der Waals surface area contributed by atoms with E-state index in [2.05, 4.69) is 6.08 Å². The second-order valence-corrected chi connectivity index (χ2v) is 5.69. The van der Waals surface area contributed by atoms with E-state index in [9.17, 15) is 5.11 Å². The highest BCUT2D eigenvalue weighted by atomic mass is 16.5. The minimum absolute atomic E-state index is 0.0113. The molecule has 0 aromatic heterocycles. The van der Waals surface area contributed by atoms with Crippen molar-refractivity contribution in [1.29, 1.82) is 0 Å². The van der Waals surface area contributed by atoms with Crippen LogP contribution in [0.3, 0.4) is 0 Å². The smallest absolute Gasteiger partial charge is 0.0777 e. The molecule has 1 atom stereocenters. The van der Waals surface area contributed by atoms with Crippen molar-refractivity contribution in [2.24, 2.45) is 0 Å². The lowest BCUT2D eigenvalue weighted by Crippen LogP contribution is -2.42. The molecule has 2 rings (SSSR count). The predicted octanol–water partition coefficient (Wildman–Crippen LogP) is 3.59. The zero-order valence-electron chi connectivity index (χ0n) is 11.1. The van der Waals surface area contributed by atoms with Gasteiger partial charge in [-0.3, -0.25) is 0 Å². The first-order valence-electron chi connectivity index (χ1n) is 7.18. The maximum atomic E-state index is 10.4. The third-order valence-corrected chi connectivity index (χ3v) is 4.52. The van der Waals surface area contributed by atoms with Crippen LogP contribution < -0.4 is 0 Å². The van der Waals surface area contributed by atoms with E-state index in [0.29, 0.717) is 0 Å². The monoisotopic (exact) mass is 238 g/mol. The highest BCUT2D eigenvalue weighted by Gasteiger charge is 2.39. The van der Waals surface area contributed by atoms with Gasteiger partial charge in [-0.1, -0.05) is 18.9 Å². The Hall–Kier alpha value is -0.340. The van der Waals surface area contributed by atoms with Crippen LogP contribution >= 0.6 is 0 Å². The summed E-state index contributed by atoms with van der Waals surface area (Å²) in [6.07, 6.45) is 13.7. The average molecular weight is 238 g/mol. The normalized spacial score (nSPS) is 26.4. The standard InChI is InChI=1S/C15H26O2/c1-17-15(10-7-11-15)12-14(16)13-8-5-3-2-4-6-9-13/h8,14,16H,2-7,9-12H2,1H3. The Bertz CT molecular complexity index is 261. The molecule has 1 fully saturated rings. The first-order chi connectivity index (χ1) is 8.26. The van der Waals surface area contributed by atoms with Gasteiger partial charge in [-0.15, -0.1) is 0 Å². The Labute approximate surface area is 105 Å². The second-order valence-electron chi connectivity index (χ2n) is 5.69. The molecule has 0 radical (unpaired) electrons. The van der Waals surface area contributed by atoms with Crippen LogP contribution in [0.5, 0.6) is 0 Å². The highest BCUT2D eigenvalue weighted by Crippen LogP contribution is 2.40. The summed E-state index contributed by atoms with van der Waals surface area (Å²) in [4.78, 5) is 0. The van der Waals surface area contributed by atoms with Crippen LogP contribution in [0.4, 0.5) is 0 Å². The average Bonchev–Trinajstić information content (AvgIpc) is 2.22. The van der Waals surface area contributed by atoms with Gasteiger partial charge in [0.2, 0.25) is 0 Å².